The van der Waals surface area contributed by atoms with Gasteiger partial charge in [0.05, 0.1) is 6.10 Å². The van der Waals surface area contributed by atoms with Crippen LogP contribution in [-0.4, -0.2) is 60.8 Å². The summed E-state index contributed by atoms with van der Waals surface area (Å²) in [5.41, 5.74) is -0.649. The molecular weight excluding hydrogens is 348 g/mol. The lowest BCUT2D eigenvalue weighted by Gasteiger charge is -2.42. The number of carbonyl (C=O) groups excluding carboxylic acids is 2. The third kappa shape index (κ3) is 4.94. The second-order valence-corrected chi connectivity index (χ2v) is 8.00. The van der Waals surface area contributed by atoms with Crippen molar-refractivity contribution >= 4 is 12.0 Å². The molecule has 1 aromatic rings. The number of aliphatic hydroxyl groups excluding tert-OH is 1. The Labute approximate surface area is 160 Å². The highest BCUT2D eigenvalue weighted by Crippen LogP contribution is 2.31. The SMILES string of the molecule is CC(O)C(c1ncccn1)N1C(=O)CCC(C)N(C(=O)OC(C)(C)C)C1C. The molecule has 150 valence electrons. The van der Waals surface area contributed by atoms with Gasteiger partial charge in [0, 0.05) is 24.9 Å². The molecule has 1 aliphatic heterocycles. The van der Waals surface area contributed by atoms with E-state index in [1.165, 1.54) is 4.90 Å². The molecule has 1 aliphatic rings. The molecule has 0 aromatic carbocycles. The molecule has 1 aromatic heterocycles. The van der Waals surface area contributed by atoms with Gasteiger partial charge in [-0.15, -0.1) is 0 Å². The fourth-order valence-corrected chi connectivity index (χ4v) is 3.38. The Kier molecular flexibility index (Phi) is 6.41. The van der Waals surface area contributed by atoms with Crippen LogP contribution in [0.4, 0.5) is 4.79 Å². The Morgan fingerprint density at radius 2 is 1.89 bits per heavy atom. The van der Waals surface area contributed by atoms with E-state index < -0.39 is 30.0 Å². The minimum Gasteiger partial charge on any atom is -0.444 e. The van der Waals surface area contributed by atoms with Gasteiger partial charge in [0.2, 0.25) is 5.91 Å². The van der Waals surface area contributed by atoms with Crippen molar-refractivity contribution in [3.05, 3.63) is 24.3 Å². The lowest BCUT2D eigenvalue weighted by Crippen LogP contribution is -2.55. The Bertz CT molecular complexity index is 659. The second kappa shape index (κ2) is 8.21. The molecule has 1 saturated heterocycles. The van der Waals surface area contributed by atoms with Gasteiger partial charge in [-0.1, -0.05) is 0 Å². The number of amides is 2. The fraction of sp³-hybridized carbons (Fsp3) is 0.684. The number of aliphatic hydroxyl groups is 1. The maximum atomic E-state index is 12.9. The van der Waals surface area contributed by atoms with Crippen LogP contribution >= 0.6 is 0 Å². The van der Waals surface area contributed by atoms with E-state index >= 15 is 0 Å². The third-order valence-electron chi connectivity index (χ3n) is 4.56. The summed E-state index contributed by atoms with van der Waals surface area (Å²) in [6.07, 6.45) is 1.90. The van der Waals surface area contributed by atoms with Crippen LogP contribution in [0.3, 0.4) is 0 Å². The van der Waals surface area contributed by atoms with Gasteiger partial charge in [-0.25, -0.2) is 14.8 Å². The van der Waals surface area contributed by atoms with E-state index in [4.69, 9.17) is 4.74 Å². The lowest BCUT2D eigenvalue weighted by molar-refractivity contribution is -0.142. The van der Waals surface area contributed by atoms with Crippen LogP contribution in [0.15, 0.2) is 18.5 Å². The molecule has 1 fully saturated rings. The van der Waals surface area contributed by atoms with Crippen LogP contribution in [0.2, 0.25) is 0 Å². The highest BCUT2D eigenvalue weighted by Gasteiger charge is 2.43. The highest BCUT2D eigenvalue weighted by atomic mass is 16.6. The average Bonchev–Trinajstić information content (AvgIpc) is 2.65. The van der Waals surface area contributed by atoms with Crippen molar-refractivity contribution in [2.45, 2.75) is 84.3 Å². The maximum Gasteiger partial charge on any atom is 0.412 e. The van der Waals surface area contributed by atoms with Gasteiger partial charge >= 0.3 is 6.09 Å². The summed E-state index contributed by atoms with van der Waals surface area (Å²) in [6.45, 7) is 10.7. The zero-order valence-corrected chi connectivity index (χ0v) is 16.9. The molecule has 2 rings (SSSR count). The first-order valence-electron chi connectivity index (χ1n) is 9.30. The molecule has 8 nitrogen and oxygen atoms in total. The summed E-state index contributed by atoms with van der Waals surface area (Å²) in [6, 6.07) is 0.727. The van der Waals surface area contributed by atoms with Crippen molar-refractivity contribution in [2.75, 3.05) is 0 Å². The minimum atomic E-state index is -0.910. The zero-order valence-electron chi connectivity index (χ0n) is 16.9. The van der Waals surface area contributed by atoms with Crippen LogP contribution in [0.1, 0.15) is 66.3 Å². The first-order chi connectivity index (χ1) is 12.5. The summed E-state index contributed by atoms with van der Waals surface area (Å²) >= 11 is 0. The zero-order chi connectivity index (χ0) is 20.4. The van der Waals surface area contributed by atoms with E-state index in [1.54, 1.807) is 58.0 Å². The van der Waals surface area contributed by atoms with Crippen LogP contribution in [-0.2, 0) is 9.53 Å². The second-order valence-electron chi connectivity index (χ2n) is 8.00. The fourth-order valence-electron chi connectivity index (χ4n) is 3.38. The monoisotopic (exact) mass is 378 g/mol. The first-order valence-corrected chi connectivity index (χ1v) is 9.30. The molecule has 0 aliphatic carbocycles. The van der Waals surface area contributed by atoms with Gasteiger partial charge in [0.25, 0.3) is 0 Å². The molecule has 1 N–H and O–H groups in total. The number of ether oxygens (including phenoxy) is 1. The molecule has 0 radical (unpaired) electrons. The lowest BCUT2D eigenvalue weighted by atomic mass is 10.1. The molecule has 2 heterocycles. The van der Waals surface area contributed by atoms with Crippen molar-refractivity contribution in [2.24, 2.45) is 0 Å². The van der Waals surface area contributed by atoms with Crippen molar-refractivity contribution in [3.8, 4) is 0 Å². The standard InChI is InChI=1S/C19H30N4O4/c1-12-8-9-15(25)23(14(3)22(12)18(26)27-19(4,5)6)16(13(2)24)17-20-10-7-11-21-17/h7,10-14,16,24H,8-9H2,1-6H3. The van der Waals surface area contributed by atoms with E-state index in [0.717, 1.165) is 0 Å². The highest BCUT2D eigenvalue weighted by molar-refractivity contribution is 5.79. The van der Waals surface area contributed by atoms with Gasteiger partial charge in [-0.05, 0) is 54.0 Å². The predicted molar refractivity (Wildman–Crippen MR) is 99.5 cm³/mol. The summed E-state index contributed by atoms with van der Waals surface area (Å²) in [5, 5.41) is 10.4. The molecule has 4 atom stereocenters. The predicted octanol–water partition coefficient (Wildman–Crippen LogP) is 2.49. The number of carbonyl (C=O) groups is 2. The molecule has 0 spiro atoms. The van der Waals surface area contributed by atoms with E-state index in [2.05, 4.69) is 9.97 Å². The molecule has 2 amide bonds. The van der Waals surface area contributed by atoms with Crippen LogP contribution in [0.25, 0.3) is 0 Å². The van der Waals surface area contributed by atoms with Gasteiger partial charge in [0.1, 0.15) is 17.8 Å². The van der Waals surface area contributed by atoms with Crippen LogP contribution < -0.4 is 0 Å². The summed E-state index contributed by atoms with van der Waals surface area (Å²) in [5.74, 6) is 0.185. The van der Waals surface area contributed by atoms with Crippen molar-refractivity contribution in [1.29, 1.82) is 0 Å². The van der Waals surface area contributed by atoms with Crippen LogP contribution in [0.5, 0.6) is 0 Å². The summed E-state index contributed by atoms with van der Waals surface area (Å²) in [4.78, 5) is 37.3. The van der Waals surface area contributed by atoms with Gasteiger partial charge in [0.15, 0.2) is 5.82 Å². The normalized spacial score (nSPS) is 23.6. The Balaban J connectivity index is 2.43. The topological polar surface area (TPSA) is 95.9 Å². The summed E-state index contributed by atoms with van der Waals surface area (Å²) < 4.78 is 5.56. The smallest absolute Gasteiger partial charge is 0.412 e. The van der Waals surface area contributed by atoms with E-state index in [0.29, 0.717) is 12.2 Å². The van der Waals surface area contributed by atoms with Crippen molar-refractivity contribution in [3.63, 3.8) is 0 Å². The minimum absolute atomic E-state index is 0.154. The average molecular weight is 378 g/mol. The molecule has 0 bridgehead atoms. The largest absolute Gasteiger partial charge is 0.444 e. The van der Waals surface area contributed by atoms with E-state index in [9.17, 15) is 14.7 Å². The molecular formula is C19H30N4O4. The molecule has 8 heteroatoms. The number of hydrogen-bond donors (Lipinski definition) is 1. The van der Waals surface area contributed by atoms with Gasteiger partial charge < -0.3 is 14.7 Å². The van der Waals surface area contributed by atoms with Crippen molar-refractivity contribution < 1.29 is 19.4 Å². The van der Waals surface area contributed by atoms with Gasteiger partial charge in [-0.2, -0.15) is 0 Å². The first kappa shape index (κ1) is 21.1. The third-order valence-corrected chi connectivity index (χ3v) is 4.56. The van der Waals surface area contributed by atoms with E-state index in [1.807, 2.05) is 6.92 Å². The van der Waals surface area contributed by atoms with E-state index in [-0.39, 0.29) is 18.4 Å². The maximum absolute atomic E-state index is 12.9. The number of rotatable bonds is 3. The van der Waals surface area contributed by atoms with Crippen molar-refractivity contribution in [1.82, 2.24) is 19.8 Å². The molecule has 0 saturated carbocycles. The quantitative estimate of drug-likeness (QED) is 0.868. The Hall–Kier alpha value is -2.22. The molecule has 27 heavy (non-hydrogen) atoms. The van der Waals surface area contributed by atoms with Gasteiger partial charge in [-0.3, -0.25) is 9.69 Å². The number of nitrogens with zero attached hydrogens (tertiary/aromatic N) is 4. The number of aromatic nitrogens is 2. The van der Waals surface area contributed by atoms with Crippen LogP contribution in [0, 0.1) is 0 Å². The summed E-state index contributed by atoms with van der Waals surface area (Å²) in [7, 11) is 0. The Morgan fingerprint density at radius 3 is 2.41 bits per heavy atom. The molecule has 4 unspecified atom stereocenters. The Morgan fingerprint density at radius 1 is 1.30 bits per heavy atom. The number of hydrogen-bond acceptors (Lipinski definition) is 6.